The number of amides is 2. The predicted octanol–water partition coefficient (Wildman–Crippen LogP) is 4.21. The molecule has 1 atom stereocenters. The third-order valence-electron chi connectivity index (χ3n) is 4.34. The van der Waals surface area contributed by atoms with Crippen molar-refractivity contribution < 1.29 is 23.9 Å². The predicted molar refractivity (Wildman–Crippen MR) is 138 cm³/mol. The van der Waals surface area contributed by atoms with Crippen LogP contribution in [0.3, 0.4) is 0 Å². The average Bonchev–Trinajstić information content (AvgIpc) is 3.41. The van der Waals surface area contributed by atoms with Gasteiger partial charge in [-0.25, -0.2) is 19.6 Å². The minimum atomic E-state index is -0.974. The minimum absolute atomic E-state index is 0.131. The van der Waals surface area contributed by atoms with E-state index < -0.39 is 35.2 Å². The maximum Gasteiger partial charge on any atom is 0.408 e. The molecule has 0 unspecified atom stereocenters. The number of nitrogens with one attached hydrogen (secondary N) is 1. The second kappa shape index (κ2) is 10.7. The van der Waals surface area contributed by atoms with Crippen molar-refractivity contribution in [2.75, 3.05) is 0 Å². The molecule has 0 aliphatic rings. The number of nitrogens with two attached hydrogens (primary N) is 1. The lowest BCUT2D eigenvalue weighted by molar-refractivity contribution is -0.157. The summed E-state index contributed by atoms with van der Waals surface area (Å²) in [5.74, 6) is -1.16. The maximum atomic E-state index is 12.8. The lowest BCUT2D eigenvalue weighted by Gasteiger charge is -2.26. The van der Waals surface area contributed by atoms with Gasteiger partial charge in [-0.1, -0.05) is 0 Å². The standard InChI is InChI=1S/C24H29N5O5S2/c1-23(2,3)33-21(31)15(29-22(32)34-24(4,5)6)9-18-27-16(11-35-18)14-8-7-13(10-26-14)20-28-17(12-36-20)19(25)30/h7-8,10-12,15H,9H2,1-6H3,(H2,25,30)(H,29,32)/t15-/m0/s1. The fourth-order valence-electron chi connectivity index (χ4n) is 2.90. The highest BCUT2D eigenvalue weighted by Crippen LogP contribution is 2.26. The number of pyridine rings is 1. The maximum absolute atomic E-state index is 12.8. The first-order valence-corrected chi connectivity index (χ1v) is 12.8. The number of thiazole rings is 2. The van der Waals surface area contributed by atoms with E-state index in [0.29, 0.717) is 21.4 Å². The Labute approximate surface area is 217 Å². The molecule has 36 heavy (non-hydrogen) atoms. The highest BCUT2D eigenvalue weighted by atomic mass is 32.1. The third kappa shape index (κ3) is 7.82. The monoisotopic (exact) mass is 531 g/mol. The normalized spacial score (nSPS) is 12.6. The molecule has 3 heterocycles. The van der Waals surface area contributed by atoms with Crippen molar-refractivity contribution in [1.82, 2.24) is 20.3 Å². The number of carbonyl (C=O) groups excluding carboxylic acids is 3. The van der Waals surface area contributed by atoms with E-state index in [0.717, 1.165) is 5.56 Å². The minimum Gasteiger partial charge on any atom is -0.458 e. The van der Waals surface area contributed by atoms with Crippen molar-refractivity contribution >= 4 is 40.6 Å². The summed E-state index contributed by atoms with van der Waals surface area (Å²) < 4.78 is 10.8. The molecule has 3 rings (SSSR count). The number of esters is 1. The van der Waals surface area contributed by atoms with Crippen LogP contribution >= 0.6 is 22.7 Å². The zero-order valence-corrected chi connectivity index (χ0v) is 22.6. The zero-order chi connectivity index (χ0) is 26.7. The Morgan fingerprint density at radius 3 is 2.22 bits per heavy atom. The Hall–Kier alpha value is -3.38. The first kappa shape index (κ1) is 27.2. The number of carbonyl (C=O) groups is 3. The molecule has 0 radical (unpaired) electrons. The van der Waals surface area contributed by atoms with Crippen LogP contribution in [0.5, 0.6) is 0 Å². The smallest absolute Gasteiger partial charge is 0.408 e. The molecule has 0 saturated heterocycles. The summed E-state index contributed by atoms with van der Waals surface area (Å²) in [7, 11) is 0. The second-order valence-electron chi connectivity index (χ2n) is 9.90. The Morgan fingerprint density at radius 1 is 0.972 bits per heavy atom. The third-order valence-corrected chi connectivity index (χ3v) is 6.10. The van der Waals surface area contributed by atoms with Gasteiger partial charge in [0.15, 0.2) is 0 Å². The van der Waals surface area contributed by atoms with Crippen molar-refractivity contribution in [3.63, 3.8) is 0 Å². The summed E-state index contributed by atoms with van der Waals surface area (Å²) in [6.07, 6.45) is 1.06. The van der Waals surface area contributed by atoms with Crippen LogP contribution < -0.4 is 11.1 Å². The quantitative estimate of drug-likeness (QED) is 0.431. The van der Waals surface area contributed by atoms with Gasteiger partial charge in [-0.15, -0.1) is 22.7 Å². The molecule has 0 spiro atoms. The summed E-state index contributed by atoms with van der Waals surface area (Å²) in [5.41, 5.74) is 6.04. The van der Waals surface area contributed by atoms with E-state index >= 15 is 0 Å². The first-order chi connectivity index (χ1) is 16.7. The highest BCUT2D eigenvalue weighted by Gasteiger charge is 2.30. The van der Waals surface area contributed by atoms with Crippen LogP contribution in [0.25, 0.3) is 22.0 Å². The Balaban J connectivity index is 1.75. The van der Waals surface area contributed by atoms with E-state index in [1.54, 1.807) is 59.2 Å². The molecule has 0 aromatic carbocycles. The number of rotatable bonds is 7. The number of hydrogen-bond acceptors (Lipinski definition) is 10. The van der Waals surface area contributed by atoms with Gasteiger partial charge in [-0.05, 0) is 53.7 Å². The molecule has 0 bridgehead atoms. The van der Waals surface area contributed by atoms with Crippen LogP contribution in [0.2, 0.25) is 0 Å². The van der Waals surface area contributed by atoms with Crippen molar-refractivity contribution in [1.29, 1.82) is 0 Å². The molecule has 0 aliphatic carbocycles. The highest BCUT2D eigenvalue weighted by molar-refractivity contribution is 7.13. The Kier molecular flexibility index (Phi) is 8.09. The van der Waals surface area contributed by atoms with Crippen molar-refractivity contribution in [3.05, 3.63) is 39.8 Å². The fourth-order valence-corrected chi connectivity index (χ4v) is 4.54. The molecule has 10 nitrogen and oxygen atoms in total. The van der Waals surface area contributed by atoms with E-state index in [4.69, 9.17) is 15.2 Å². The van der Waals surface area contributed by atoms with Crippen LogP contribution in [-0.4, -0.2) is 50.2 Å². The molecule has 0 aliphatic heterocycles. The van der Waals surface area contributed by atoms with Crippen LogP contribution in [0.4, 0.5) is 4.79 Å². The molecule has 12 heteroatoms. The molecule has 3 N–H and O–H groups in total. The first-order valence-electron chi connectivity index (χ1n) is 11.1. The number of primary amides is 1. The number of nitrogens with zero attached hydrogens (tertiary/aromatic N) is 3. The van der Waals surface area contributed by atoms with E-state index in [-0.39, 0.29) is 12.1 Å². The van der Waals surface area contributed by atoms with Gasteiger partial charge in [-0.2, -0.15) is 0 Å². The van der Waals surface area contributed by atoms with Gasteiger partial charge >= 0.3 is 12.1 Å². The van der Waals surface area contributed by atoms with E-state index in [1.807, 2.05) is 11.4 Å². The van der Waals surface area contributed by atoms with Gasteiger partial charge in [0.2, 0.25) is 0 Å². The van der Waals surface area contributed by atoms with Gasteiger partial charge in [0.05, 0.1) is 16.4 Å². The summed E-state index contributed by atoms with van der Waals surface area (Å²) in [6.45, 7) is 10.5. The van der Waals surface area contributed by atoms with Crippen LogP contribution in [0.15, 0.2) is 29.1 Å². The topological polar surface area (TPSA) is 146 Å². The molecule has 0 fully saturated rings. The largest absolute Gasteiger partial charge is 0.458 e. The summed E-state index contributed by atoms with van der Waals surface area (Å²) in [5, 5.41) is 7.29. The van der Waals surface area contributed by atoms with Crippen molar-refractivity contribution in [2.45, 2.75) is 65.2 Å². The molecular formula is C24H29N5O5S2. The zero-order valence-electron chi connectivity index (χ0n) is 20.9. The molecule has 0 saturated carbocycles. The van der Waals surface area contributed by atoms with E-state index in [2.05, 4.69) is 20.3 Å². The van der Waals surface area contributed by atoms with Crippen LogP contribution in [-0.2, 0) is 20.7 Å². The van der Waals surface area contributed by atoms with Gasteiger partial charge in [0.1, 0.15) is 27.9 Å². The summed E-state index contributed by atoms with van der Waals surface area (Å²) in [6, 6.07) is 2.65. The van der Waals surface area contributed by atoms with Crippen LogP contribution in [0.1, 0.15) is 57.0 Å². The number of aromatic nitrogens is 3. The Bertz CT molecular complexity index is 1240. The van der Waals surface area contributed by atoms with Gasteiger partial charge < -0.3 is 20.5 Å². The molecule has 2 amide bonds. The molecule has 3 aromatic heterocycles. The SMILES string of the molecule is CC(C)(C)OC(=O)N[C@@H](Cc1nc(-c2ccc(-c3nc(C(N)=O)cs3)cn2)cs1)C(=O)OC(C)(C)C. The Morgan fingerprint density at radius 2 is 1.67 bits per heavy atom. The van der Waals surface area contributed by atoms with Gasteiger partial charge in [-0.3, -0.25) is 9.78 Å². The molecular weight excluding hydrogens is 502 g/mol. The summed E-state index contributed by atoms with van der Waals surface area (Å²) in [4.78, 5) is 49.7. The number of hydrogen-bond donors (Lipinski definition) is 2. The number of ether oxygens (including phenoxy) is 2. The van der Waals surface area contributed by atoms with E-state index in [9.17, 15) is 14.4 Å². The lowest BCUT2D eigenvalue weighted by Crippen LogP contribution is -2.47. The molecule has 192 valence electrons. The molecule has 3 aromatic rings. The van der Waals surface area contributed by atoms with Gasteiger partial charge in [0, 0.05) is 28.9 Å². The van der Waals surface area contributed by atoms with Crippen LogP contribution in [0, 0.1) is 0 Å². The second-order valence-corrected chi connectivity index (χ2v) is 11.7. The van der Waals surface area contributed by atoms with Crippen molar-refractivity contribution in [3.8, 4) is 22.0 Å². The van der Waals surface area contributed by atoms with Gasteiger partial charge in [0.25, 0.3) is 5.91 Å². The average molecular weight is 532 g/mol. The summed E-state index contributed by atoms with van der Waals surface area (Å²) >= 11 is 2.65. The van der Waals surface area contributed by atoms with E-state index in [1.165, 1.54) is 22.7 Å². The number of alkyl carbamates (subject to hydrolysis) is 1. The lowest BCUT2D eigenvalue weighted by atomic mass is 10.1. The fraction of sp³-hybridized carbons (Fsp3) is 0.417. The van der Waals surface area contributed by atoms with Crippen molar-refractivity contribution in [2.24, 2.45) is 5.73 Å².